The average molecular weight is 374 g/mol. The Morgan fingerprint density at radius 3 is 2.43 bits per heavy atom. The van der Waals surface area contributed by atoms with Gasteiger partial charge < -0.3 is 15.4 Å². The van der Waals surface area contributed by atoms with E-state index in [9.17, 15) is 9.59 Å². The normalized spacial score (nSPS) is 10.2. The molecule has 2 N–H and O–H groups in total. The summed E-state index contributed by atoms with van der Waals surface area (Å²) in [5.74, 6) is 0.280. The smallest absolute Gasteiger partial charge is 0.258 e. The van der Waals surface area contributed by atoms with Gasteiger partial charge in [-0.15, -0.1) is 0 Å². The molecule has 0 saturated heterocycles. The van der Waals surface area contributed by atoms with Crippen molar-refractivity contribution in [3.05, 3.63) is 95.6 Å². The summed E-state index contributed by atoms with van der Waals surface area (Å²) < 4.78 is 5.54. The first-order chi connectivity index (χ1) is 13.6. The second kappa shape index (κ2) is 9.37. The van der Waals surface area contributed by atoms with Crippen LogP contribution in [0.4, 0.5) is 5.69 Å². The number of hydrogen-bond donors (Lipinski definition) is 2. The van der Waals surface area contributed by atoms with Gasteiger partial charge in [-0.3, -0.25) is 9.59 Å². The predicted octanol–water partition coefficient (Wildman–Crippen LogP) is 3.94. The molecule has 0 unspecified atom stereocenters. The number of rotatable bonds is 7. The van der Waals surface area contributed by atoms with Crippen LogP contribution in [0.25, 0.3) is 0 Å². The van der Waals surface area contributed by atoms with Crippen LogP contribution in [0.2, 0.25) is 0 Å². The summed E-state index contributed by atoms with van der Waals surface area (Å²) in [7, 11) is 0. The minimum atomic E-state index is -0.220. The predicted molar refractivity (Wildman–Crippen MR) is 109 cm³/mol. The Morgan fingerprint density at radius 2 is 1.64 bits per heavy atom. The molecule has 0 fully saturated rings. The fourth-order valence-corrected chi connectivity index (χ4v) is 2.66. The SMILES string of the molecule is Cc1ccccc1OCC(=O)NCc1cccc(C(=O)Nc2ccccc2)c1. The number of carbonyl (C=O) groups is 2. The molecular formula is C23H22N2O3. The molecule has 5 heteroatoms. The maximum absolute atomic E-state index is 12.4. The molecule has 2 amide bonds. The van der Waals surface area contributed by atoms with Crippen LogP contribution >= 0.6 is 0 Å². The summed E-state index contributed by atoms with van der Waals surface area (Å²) in [6.45, 7) is 2.20. The Kier molecular flexibility index (Phi) is 6.41. The van der Waals surface area contributed by atoms with Gasteiger partial charge in [-0.25, -0.2) is 0 Å². The van der Waals surface area contributed by atoms with Gasteiger partial charge >= 0.3 is 0 Å². The second-order valence-electron chi connectivity index (χ2n) is 6.35. The first-order valence-electron chi connectivity index (χ1n) is 9.02. The summed E-state index contributed by atoms with van der Waals surface area (Å²) in [6, 6.07) is 24.0. The Balaban J connectivity index is 1.52. The molecule has 0 bridgehead atoms. The Bertz CT molecular complexity index is 955. The lowest BCUT2D eigenvalue weighted by Crippen LogP contribution is -2.28. The van der Waals surface area contributed by atoms with Crippen LogP contribution < -0.4 is 15.4 Å². The van der Waals surface area contributed by atoms with E-state index in [0.29, 0.717) is 17.9 Å². The minimum Gasteiger partial charge on any atom is -0.484 e. The molecule has 3 aromatic carbocycles. The highest BCUT2D eigenvalue weighted by Gasteiger charge is 2.08. The van der Waals surface area contributed by atoms with E-state index in [1.165, 1.54) is 0 Å². The van der Waals surface area contributed by atoms with E-state index in [1.807, 2.05) is 67.6 Å². The van der Waals surface area contributed by atoms with Gasteiger partial charge in [-0.2, -0.15) is 0 Å². The number of nitrogens with one attached hydrogen (secondary N) is 2. The zero-order valence-corrected chi connectivity index (χ0v) is 15.6. The summed E-state index contributed by atoms with van der Waals surface area (Å²) in [6.07, 6.45) is 0. The topological polar surface area (TPSA) is 67.4 Å². The fraction of sp³-hybridized carbons (Fsp3) is 0.130. The van der Waals surface area contributed by atoms with Crippen molar-refractivity contribution < 1.29 is 14.3 Å². The van der Waals surface area contributed by atoms with Crippen LogP contribution in [0.5, 0.6) is 5.75 Å². The zero-order chi connectivity index (χ0) is 19.8. The van der Waals surface area contributed by atoms with Crippen LogP contribution in [0, 0.1) is 6.92 Å². The molecule has 0 spiro atoms. The van der Waals surface area contributed by atoms with Crippen LogP contribution in [-0.2, 0) is 11.3 Å². The van der Waals surface area contributed by atoms with Gasteiger partial charge in [0.2, 0.25) is 0 Å². The maximum atomic E-state index is 12.4. The van der Waals surface area contributed by atoms with E-state index in [2.05, 4.69) is 10.6 Å². The van der Waals surface area contributed by atoms with Crippen molar-refractivity contribution >= 4 is 17.5 Å². The quantitative estimate of drug-likeness (QED) is 0.658. The molecule has 0 aliphatic rings. The molecule has 0 aliphatic carbocycles. The summed E-state index contributed by atoms with van der Waals surface area (Å²) in [5.41, 5.74) is 3.09. The van der Waals surface area contributed by atoms with Gasteiger partial charge in [0.1, 0.15) is 5.75 Å². The number of carbonyl (C=O) groups excluding carboxylic acids is 2. The fourth-order valence-electron chi connectivity index (χ4n) is 2.66. The highest BCUT2D eigenvalue weighted by Crippen LogP contribution is 2.16. The Morgan fingerprint density at radius 1 is 0.893 bits per heavy atom. The standard InChI is InChI=1S/C23H22N2O3/c1-17-8-5-6-13-21(17)28-16-22(26)24-15-18-9-7-10-19(14-18)23(27)25-20-11-3-2-4-12-20/h2-14H,15-16H2,1H3,(H,24,26)(H,25,27). The molecule has 0 atom stereocenters. The second-order valence-corrected chi connectivity index (χ2v) is 6.35. The molecule has 0 saturated carbocycles. The van der Waals surface area contributed by atoms with Crippen LogP contribution in [0.15, 0.2) is 78.9 Å². The van der Waals surface area contributed by atoms with Gasteiger partial charge in [0.15, 0.2) is 6.61 Å². The van der Waals surface area contributed by atoms with E-state index >= 15 is 0 Å². The monoisotopic (exact) mass is 374 g/mol. The van der Waals surface area contributed by atoms with Crippen molar-refractivity contribution in [2.24, 2.45) is 0 Å². The number of anilines is 1. The number of amides is 2. The van der Waals surface area contributed by atoms with Crippen molar-refractivity contribution in [3.63, 3.8) is 0 Å². The van der Waals surface area contributed by atoms with Gasteiger partial charge in [0.05, 0.1) is 0 Å². The molecule has 5 nitrogen and oxygen atoms in total. The average Bonchev–Trinajstić information content (AvgIpc) is 2.72. The Labute approximate surface area is 164 Å². The van der Waals surface area contributed by atoms with Crippen molar-refractivity contribution in [2.45, 2.75) is 13.5 Å². The van der Waals surface area contributed by atoms with Gasteiger partial charge in [0, 0.05) is 17.8 Å². The van der Waals surface area contributed by atoms with Crippen LogP contribution in [-0.4, -0.2) is 18.4 Å². The number of aryl methyl sites for hydroxylation is 1. The third kappa shape index (κ3) is 5.45. The molecule has 0 heterocycles. The minimum absolute atomic E-state index is 0.0565. The van der Waals surface area contributed by atoms with Gasteiger partial charge in [0.25, 0.3) is 11.8 Å². The lowest BCUT2D eigenvalue weighted by atomic mass is 10.1. The van der Waals surface area contributed by atoms with Crippen LogP contribution in [0.3, 0.4) is 0 Å². The molecular weight excluding hydrogens is 352 g/mol. The van der Waals surface area contributed by atoms with Gasteiger partial charge in [-0.05, 0) is 48.4 Å². The lowest BCUT2D eigenvalue weighted by molar-refractivity contribution is -0.123. The first kappa shape index (κ1) is 19.2. The highest BCUT2D eigenvalue weighted by atomic mass is 16.5. The maximum Gasteiger partial charge on any atom is 0.258 e. The molecule has 142 valence electrons. The van der Waals surface area contributed by atoms with E-state index in [0.717, 1.165) is 16.8 Å². The molecule has 28 heavy (non-hydrogen) atoms. The van der Waals surface area contributed by atoms with Gasteiger partial charge in [-0.1, -0.05) is 48.5 Å². The van der Waals surface area contributed by atoms with Crippen molar-refractivity contribution in [3.8, 4) is 5.75 Å². The molecule has 0 radical (unpaired) electrons. The zero-order valence-electron chi connectivity index (χ0n) is 15.6. The van der Waals surface area contributed by atoms with E-state index in [4.69, 9.17) is 4.74 Å². The van der Waals surface area contributed by atoms with Crippen molar-refractivity contribution in [2.75, 3.05) is 11.9 Å². The molecule has 3 rings (SSSR count). The molecule has 0 aliphatic heterocycles. The number of hydrogen-bond acceptors (Lipinski definition) is 3. The number of benzene rings is 3. The largest absolute Gasteiger partial charge is 0.484 e. The summed E-state index contributed by atoms with van der Waals surface area (Å²) in [5, 5.41) is 5.66. The molecule has 0 aromatic heterocycles. The first-order valence-corrected chi connectivity index (χ1v) is 9.02. The van der Waals surface area contributed by atoms with E-state index < -0.39 is 0 Å². The summed E-state index contributed by atoms with van der Waals surface area (Å²) >= 11 is 0. The van der Waals surface area contributed by atoms with E-state index in [1.54, 1.807) is 18.2 Å². The third-order valence-electron chi connectivity index (χ3n) is 4.16. The van der Waals surface area contributed by atoms with Crippen molar-refractivity contribution in [1.82, 2.24) is 5.32 Å². The van der Waals surface area contributed by atoms with Crippen LogP contribution in [0.1, 0.15) is 21.5 Å². The number of ether oxygens (including phenoxy) is 1. The highest BCUT2D eigenvalue weighted by molar-refractivity contribution is 6.04. The lowest BCUT2D eigenvalue weighted by Gasteiger charge is -2.10. The summed E-state index contributed by atoms with van der Waals surface area (Å²) in [4.78, 5) is 24.4. The third-order valence-corrected chi connectivity index (χ3v) is 4.16. The van der Waals surface area contributed by atoms with E-state index in [-0.39, 0.29) is 18.4 Å². The Hall–Kier alpha value is -3.60. The number of para-hydroxylation sites is 2. The van der Waals surface area contributed by atoms with Crippen molar-refractivity contribution in [1.29, 1.82) is 0 Å². The molecule has 3 aromatic rings.